The number of ether oxygens (including phenoxy) is 2. The summed E-state index contributed by atoms with van der Waals surface area (Å²) < 4.78 is 12.8. The van der Waals surface area contributed by atoms with E-state index in [4.69, 9.17) is 9.47 Å². The van der Waals surface area contributed by atoms with E-state index in [-0.39, 0.29) is 5.91 Å². The molecule has 1 aromatic carbocycles. The van der Waals surface area contributed by atoms with Crippen LogP contribution in [0, 0.1) is 6.92 Å². The SMILES string of the molecule is Cc1cc(C(=O)N2CCOCC2)ccc1NCc1nnc2n1CCOC2. The molecule has 0 atom stereocenters. The van der Waals surface area contributed by atoms with Crippen LogP contribution < -0.4 is 5.32 Å². The van der Waals surface area contributed by atoms with Crippen LogP contribution in [0.25, 0.3) is 0 Å². The van der Waals surface area contributed by atoms with Gasteiger partial charge in [0.25, 0.3) is 5.91 Å². The minimum Gasteiger partial charge on any atom is -0.378 e. The lowest BCUT2D eigenvalue weighted by Gasteiger charge is -2.27. The summed E-state index contributed by atoms with van der Waals surface area (Å²) in [7, 11) is 0. The third-order valence-electron chi connectivity index (χ3n) is 4.80. The smallest absolute Gasteiger partial charge is 0.254 e. The maximum Gasteiger partial charge on any atom is 0.254 e. The number of hydrogen-bond donors (Lipinski definition) is 1. The molecular weight excluding hydrogens is 334 g/mol. The van der Waals surface area contributed by atoms with Gasteiger partial charge in [0.1, 0.15) is 6.61 Å². The number of aryl methyl sites for hydroxylation is 1. The van der Waals surface area contributed by atoms with Crippen molar-refractivity contribution in [1.29, 1.82) is 0 Å². The van der Waals surface area contributed by atoms with Gasteiger partial charge in [0.15, 0.2) is 11.6 Å². The normalized spacial score (nSPS) is 17.0. The van der Waals surface area contributed by atoms with Gasteiger partial charge in [-0.05, 0) is 30.7 Å². The number of hydrogen-bond acceptors (Lipinski definition) is 6. The number of carbonyl (C=O) groups excluding carboxylic acids is 1. The summed E-state index contributed by atoms with van der Waals surface area (Å²) in [6.45, 7) is 7.11. The van der Waals surface area contributed by atoms with Gasteiger partial charge in [-0.1, -0.05) is 0 Å². The Labute approximate surface area is 152 Å². The van der Waals surface area contributed by atoms with E-state index in [0.29, 0.717) is 51.6 Å². The first kappa shape index (κ1) is 17.0. The fraction of sp³-hybridized carbons (Fsp3) is 0.500. The van der Waals surface area contributed by atoms with Crippen LogP contribution in [0.5, 0.6) is 0 Å². The number of aromatic nitrogens is 3. The van der Waals surface area contributed by atoms with Gasteiger partial charge >= 0.3 is 0 Å². The van der Waals surface area contributed by atoms with E-state index in [9.17, 15) is 4.79 Å². The second-order valence-corrected chi connectivity index (χ2v) is 6.52. The monoisotopic (exact) mass is 357 g/mol. The largest absolute Gasteiger partial charge is 0.378 e. The van der Waals surface area contributed by atoms with E-state index in [1.807, 2.05) is 30.0 Å². The van der Waals surface area contributed by atoms with Gasteiger partial charge in [0.2, 0.25) is 0 Å². The summed E-state index contributed by atoms with van der Waals surface area (Å²) in [4.78, 5) is 14.4. The average Bonchev–Trinajstić information content (AvgIpc) is 3.10. The van der Waals surface area contributed by atoms with Gasteiger partial charge in [-0.2, -0.15) is 0 Å². The lowest BCUT2D eigenvalue weighted by atomic mass is 10.1. The summed E-state index contributed by atoms with van der Waals surface area (Å²) in [5.41, 5.74) is 2.74. The number of nitrogens with one attached hydrogen (secondary N) is 1. The number of rotatable bonds is 4. The zero-order chi connectivity index (χ0) is 17.9. The highest BCUT2D eigenvalue weighted by Crippen LogP contribution is 2.19. The third-order valence-corrected chi connectivity index (χ3v) is 4.80. The molecule has 0 unspecified atom stereocenters. The van der Waals surface area contributed by atoms with Crippen molar-refractivity contribution in [3.63, 3.8) is 0 Å². The van der Waals surface area contributed by atoms with Gasteiger partial charge in [-0.3, -0.25) is 4.79 Å². The molecule has 26 heavy (non-hydrogen) atoms. The molecule has 1 N–H and O–H groups in total. The summed E-state index contributed by atoms with van der Waals surface area (Å²) in [5, 5.41) is 11.8. The molecule has 2 aromatic rings. The predicted octanol–water partition coefficient (Wildman–Crippen LogP) is 1.20. The maximum absolute atomic E-state index is 12.6. The average molecular weight is 357 g/mol. The fourth-order valence-electron chi connectivity index (χ4n) is 3.31. The summed E-state index contributed by atoms with van der Waals surface area (Å²) in [5.74, 6) is 1.84. The molecule has 0 aliphatic carbocycles. The van der Waals surface area contributed by atoms with Crippen LogP contribution in [0.15, 0.2) is 18.2 Å². The number of fused-ring (bicyclic) bond motifs is 1. The Hall–Kier alpha value is -2.45. The molecular formula is C18H23N5O3. The molecule has 138 valence electrons. The molecule has 8 nitrogen and oxygen atoms in total. The summed E-state index contributed by atoms with van der Waals surface area (Å²) in [6, 6.07) is 5.77. The quantitative estimate of drug-likeness (QED) is 0.886. The van der Waals surface area contributed by atoms with Crippen LogP contribution in [0.3, 0.4) is 0 Å². The highest BCUT2D eigenvalue weighted by Gasteiger charge is 2.19. The first-order valence-corrected chi connectivity index (χ1v) is 8.92. The van der Waals surface area contributed by atoms with Crippen LogP contribution in [-0.2, 0) is 29.2 Å². The number of amides is 1. The number of anilines is 1. The zero-order valence-electron chi connectivity index (χ0n) is 14.9. The van der Waals surface area contributed by atoms with Gasteiger partial charge in [0, 0.05) is 30.9 Å². The number of benzene rings is 1. The summed E-state index contributed by atoms with van der Waals surface area (Å²) >= 11 is 0. The Morgan fingerprint density at radius 1 is 1.15 bits per heavy atom. The second kappa shape index (κ2) is 7.43. The van der Waals surface area contributed by atoms with E-state index in [1.54, 1.807) is 0 Å². The van der Waals surface area contributed by atoms with Gasteiger partial charge in [0.05, 0.1) is 26.4 Å². The highest BCUT2D eigenvalue weighted by atomic mass is 16.5. The lowest BCUT2D eigenvalue weighted by Crippen LogP contribution is -2.40. The molecule has 3 heterocycles. The van der Waals surface area contributed by atoms with Gasteiger partial charge in [-0.25, -0.2) is 0 Å². The number of nitrogens with zero attached hydrogens (tertiary/aromatic N) is 4. The van der Waals surface area contributed by atoms with Crippen LogP contribution in [0.2, 0.25) is 0 Å². The zero-order valence-corrected chi connectivity index (χ0v) is 14.9. The van der Waals surface area contributed by atoms with Crippen LogP contribution in [-0.4, -0.2) is 58.5 Å². The Morgan fingerprint density at radius 3 is 2.77 bits per heavy atom. The topological polar surface area (TPSA) is 81.5 Å². The highest BCUT2D eigenvalue weighted by molar-refractivity contribution is 5.95. The molecule has 0 radical (unpaired) electrons. The van der Waals surface area contributed by atoms with Crippen molar-refractivity contribution in [2.45, 2.75) is 26.6 Å². The molecule has 8 heteroatoms. The van der Waals surface area contributed by atoms with E-state index in [0.717, 1.165) is 29.4 Å². The van der Waals surface area contributed by atoms with Gasteiger partial charge < -0.3 is 24.3 Å². The van der Waals surface area contributed by atoms with E-state index in [1.165, 1.54) is 0 Å². The van der Waals surface area contributed by atoms with Crippen LogP contribution >= 0.6 is 0 Å². The van der Waals surface area contributed by atoms with Crippen molar-refractivity contribution in [3.8, 4) is 0 Å². The molecule has 1 amide bonds. The number of carbonyl (C=O) groups is 1. The van der Waals surface area contributed by atoms with E-state index in [2.05, 4.69) is 20.1 Å². The molecule has 1 saturated heterocycles. The molecule has 2 aliphatic rings. The standard InChI is InChI=1S/C18H23N5O3/c1-13-10-14(18(24)22-4-7-25-8-5-22)2-3-15(13)19-11-16-20-21-17-12-26-9-6-23(16)17/h2-3,10,19H,4-9,11-12H2,1H3. The minimum absolute atomic E-state index is 0.0643. The third kappa shape index (κ3) is 3.42. The molecule has 0 saturated carbocycles. The minimum atomic E-state index is 0.0643. The van der Waals surface area contributed by atoms with Crippen LogP contribution in [0.4, 0.5) is 5.69 Å². The summed E-state index contributed by atoms with van der Waals surface area (Å²) in [6.07, 6.45) is 0. The van der Waals surface area contributed by atoms with Crippen molar-refractivity contribution in [2.24, 2.45) is 0 Å². The van der Waals surface area contributed by atoms with Crippen LogP contribution in [0.1, 0.15) is 27.6 Å². The Morgan fingerprint density at radius 2 is 1.96 bits per heavy atom. The fourth-order valence-corrected chi connectivity index (χ4v) is 3.31. The predicted molar refractivity (Wildman–Crippen MR) is 94.9 cm³/mol. The van der Waals surface area contributed by atoms with Crippen molar-refractivity contribution < 1.29 is 14.3 Å². The van der Waals surface area contributed by atoms with Crippen molar-refractivity contribution >= 4 is 11.6 Å². The van der Waals surface area contributed by atoms with Crippen molar-refractivity contribution in [3.05, 3.63) is 41.0 Å². The first-order chi connectivity index (χ1) is 12.7. The molecule has 2 aliphatic heterocycles. The number of morpholine rings is 1. The Kier molecular flexibility index (Phi) is 4.85. The van der Waals surface area contributed by atoms with E-state index < -0.39 is 0 Å². The molecule has 0 bridgehead atoms. The van der Waals surface area contributed by atoms with Crippen molar-refractivity contribution in [2.75, 3.05) is 38.2 Å². The first-order valence-electron chi connectivity index (χ1n) is 8.92. The molecule has 1 fully saturated rings. The molecule has 1 aromatic heterocycles. The lowest BCUT2D eigenvalue weighted by molar-refractivity contribution is 0.0303. The van der Waals surface area contributed by atoms with E-state index >= 15 is 0 Å². The Balaban J connectivity index is 1.43. The molecule has 4 rings (SSSR count). The van der Waals surface area contributed by atoms with Gasteiger partial charge in [-0.15, -0.1) is 10.2 Å². The maximum atomic E-state index is 12.6. The van der Waals surface area contributed by atoms with Crippen molar-refractivity contribution in [1.82, 2.24) is 19.7 Å². The second-order valence-electron chi connectivity index (χ2n) is 6.52. The molecule has 0 spiro atoms. The Bertz CT molecular complexity index is 798.